The van der Waals surface area contributed by atoms with E-state index in [2.05, 4.69) is 10.3 Å². The molecule has 1 atom stereocenters. The molecule has 1 aromatic heterocycles. The number of rotatable bonds is 7. The van der Waals surface area contributed by atoms with Crippen LogP contribution in [0.4, 0.5) is 5.69 Å². The van der Waals surface area contributed by atoms with E-state index in [0.29, 0.717) is 29.3 Å². The maximum atomic E-state index is 11.1. The summed E-state index contributed by atoms with van der Waals surface area (Å²) < 4.78 is 0. The van der Waals surface area contributed by atoms with Crippen molar-refractivity contribution in [3.05, 3.63) is 94.5 Å². The molecule has 0 spiro atoms. The van der Waals surface area contributed by atoms with Crippen molar-refractivity contribution in [2.75, 3.05) is 6.54 Å². The Hall–Kier alpha value is -3.61. The highest BCUT2D eigenvalue weighted by molar-refractivity contribution is 6.31. The van der Waals surface area contributed by atoms with Crippen LogP contribution < -0.4 is 11.1 Å². The summed E-state index contributed by atoms with van der Waals surface area (Å²) in [4.78, 5) is 18.9. The third-order valence-corrected chi connectivity index (χ3v) is 5.65. The number of aromatic nitrogens is 1. The predicted octanol–water partition coefficient (Wildman–Crippen LogP) is 5.22. The van der Waals surface area contributed by atoms with Gasteiger partial charge in [0.2, 0.25) is 5.91 Å². The Morgan fingerprint density at radius 2 is 1.85 bits per heavy atom. The summed E-state index contributed by atoms with van der Waals surface area (Å²) in [6.07, 6.45) is 0.642. The molecule has 0 aliphatic carbocycles. The molecule has 168 valence electrons. The summed E-state index contributed by atoms with van der Waals surface area (Å²) in [7, 11) is 0. The first-order valence-corrected chi connectivity index (χ1v) is 11.0. The van der Waals surface area contributed by atoms with Gasteiger partial charge in [-0.1, -0.05) is 60.1 Å². The molecule has 6 nitrogen and oxygen atoms in total. The highest BCUT2D eigenvalue weighted by atomic mass is 35.5. The van der Waals surface area contributed by atoms with Gasteiger partial charge in [0.15, 0.2) is 5.88 Å². The van der Waals surface area contributed by atoms with Crippen LogP contribution in [0.3, 0.4) is 0 Å². The number of fused-ring (bicyclic) bond motifs is 1. The Kier molecular flexibility index (Phi) is 6.77. The van der Waals surface area contributed by atoms with E-state index >= 15 is 0 Å². The van der Waals surface area contributed by atoms with E-state index in [9.17, 15) is 9.90 Å². The second kappa shape index (κ2) is 9.90. The zero-order chi connectivity index (χ0) is 23.4. The zero-order valence-electron chi connectivity index (χ0n) is 18.2. The van der Waals surface area contributed by atoms with Gasteiger partial charge in [-0.3, -0.25) is 4.79 Å². The number of nitrogens with one attached hydrogen (secondary N) is 2. The van der Waals surface area contributed by atoms with Crippen LogP contribution in [-0.4, -0.2) is 28.3 Å². The van der Waals surface area contributed by atoms with Crippen molar-refractivity contribution >= 4 is 39.8 Å². The fourth-order valence-electron chi connectivity index (χ4n) is 3.75. The third kappa shape index (κ3) is 5.25. The van der Waals surface area contributed by atoms with Gasteiger partial charge < -0.3 is 21.1 Å². The fraction of sp³-hybridized carbons (Fsp3) is 0.154. The molecule has 1 heterocycles. The molecule has 4 rings (SSSR count). The average Bonchev–Trinajstić information content (AvgIpc) is 3.12. The summed E-state index contributed by atoms with van der Waals surface area (Å²) in [6, 6.07) is 22.7. The van der Waals surface area contributed by atoms with Crippen molar-refractivity contribution in [1.82, 2.24) is 10.3 Å². The normalized spacial score (nSPS) is 12.6. The monoisotopic (exact) mass is 460 g/mol. The second-order valence-corrected chi connectivity index (χ2v) is 8.27. The topological polar surface area (TPSA) is 104 Å². The summed E-state index contributed by atoms with van der Waals surface area (Å²) in [5, 5.41) is 14.9. The molecule has 4 aromatic rings. The summed E-state index contributed by atoms with van der Waals surface area (Å²) in [5.41, 5.74) is 10.8. The lowest BCUT2D eigenvalue weighted by atomic mass is 10.0. The third-order valence-electron chi connectivity index (χ3n) is 5.42. The minimum Gasteiger partial charge on any atom is -0.494 e. The van der Waals surface area contributed by atoms with E-state index in [4.69, 9.17) is 22.3 Å². The van der Waals surface area contributed by atoms with Crippen LogP contribution in [0.2, 0.25) is 5.02 Å². The molecule has 33 heavy (non-hydrogen) atoms. The number of carbonyl (C=O) groups is 1. The quantitative estimate of drug-likeness (QED) is 0.284. The Morgan fingerprint density at radius 3 is 2.55 bits per heavy atom. The number of amides is 1. The van der Waals surface area contributed by atoms with Gasteiger partial charge in [-0.2, -0.15) is 0 Å². The molecule has 0 bridgehead atoms. The zero-order valence-corrected chi connectivity index (χ0v) is 18.9. The van der Waals surface area contributed by atoms with Crippen LogP contribution in [0.1, 0.15) is 36.1 Å². The van der Waals surface area contributed by atoms with Crippen molar-refractivity contribution in [3.8, 4) is 5.88 Å². The lowest BCUT2D eigenvalue weighted by molar-refractivity contribution is -0.118. The summed E-state index contributed by atoms with van der Waals surface area (Å²) >= 11 is 6.13. The Labute approximate surface area is 197 Å². The average molecular weight is 461 g/mol. The van der Waals surface area contributed by atoms with Crippen molar-refractivity contribution < 1.29 is 9.90 Å². The minimum absolute atomic E-state index is 0.0338. The number of nitrogens with zero attached hydrogens (tertiary/aromatic N) is 1. The molecule has 0 saturated heterocycles. The number of aromatic hydroxyl groups is 1. The van der Waals surface area contributed by atoms with E-state index in [1.165, 1.54) is 6.92 Å². The molecule has 0 aliphatic heterocycles. The molecule has 0 aliphatic rings. The summed E-state index contributed by atoms with van der Waals surface area (Å²) in [5.74, 6) is -0.0328. The first kappa shape index (κ1) is 22.6. The predicted molar refractivity (Wildman–Crippen MR) is 133 cm³/mol. The SMILES string of the molecule is CC(=O)NCCC(N)c1ccc(N=C(c2ccccc2)c2c(O)[nH]c3cc(Cl)ccc23)cc1. The standard InChI is InChI=1S/C26H25ClN4O2/c1-16(32)29-14-13-22(28)17-7-10-20(11-8-17)30-25(18-5-3-2-4-6-18)24-21-12-9-19(27)15-23(21)31-26(24)33/h2-12,15,22,31,33H,13-14,28H2,1H3,(H,29,32). The molecular weight excluding hydrogens is 436 g/mol. The van der Waals surface area contributed by atoms with Crippen molar-refractivity contribution in [1.29, 1.82) is 0 Å². The lowest BCUT2D eigenvalue weighted by Gasteiger charge is -2.13. The van der Waals surface area contributed by atoms with Crippen LogP contribution in [0.15, 0.2) is 77.8 Å². The van der Waals surface area contributed by atoms with E-state index < -0.39 is 0 Å². The minimum atomic E-state index is -0.189. The highest BCUT2D eigenvalue weighted by Crippen LogP contribution is 2.33. The molecule has 0 radical (unpaired) electrons. The van der Waals surface area contributed by atoms with Gasteiger partial charge in [-0.05, 0) is 36.2 Å². The summed E-state index contributed by atoms with van der Waals surface area (Å²) in [6.45, 7) is 2.02. The molecule has 3 aromatic carbocycles. The van der Waals surface area contributed by atoms with Crippen LogP contribution in [-0.2, 0) is 4.79 Å². The fourth-order valence-corrected chi connectivity index (χ4v) is 3.92. The highest BCUT2D eigenvalue weighted by Gasteiger charge is 2.19. The van der Waals surface area contributed by atoms with E-state index in [-0.39, 0.29) is 17.8 Å². The smallest absolute Gasteiger partial charge is 0.216 e. The number of H-pyrrole nitrogens is 1. The first-order chi connectivity index (χ1) is 15.9. The molecule has 1 unspecified atom stereocenters. The number of nitrogens with two attached hydrogens (primary N) is 1. The number of aromatic amines is 1. The van der Waals surface area contributed by atoms with Crippen molar-refractivity contribution in [2.45, 2.75) is 19.4 Å². The van der Waals surface area contributed by atoms with Crippen molar-refractivity contribution in [3.63, 3.8) is 0 Å². The Balaban J connectivity index is 1.71. The Morgan fingerprint density at radius 1 is 1.12 bits per heavy atom. The van der Waals surface area contributed by atoms with Gasteiger partial charge in [0, 0.05) is 35.5 Å². The maximum Gasteiger partial charge on any atom is 0.216 e. The van der Waals surface area contributed by atoms with Gasteiger partial charge in [0.05, 0.1) is 22.5 Å². The second-order valence-electron chi connectivity index (χ2n) is 7.83. The van der Waals surface area contributed by atoms with Gasteiger partial charge in [-0.25, -0.2) is 4.99 Å². The molecule has 0 saturated carbocycles. The molecule has 1 amide bonds. The molecule has 0 fully saturated rings. The number of hydrogen-bond acceptors (Lipinski definition) is 4. The van der Waals surface area contributed by atoms with Gasteiger partial charge in [0.25, 0.3) is 0 Å². The number of hydrogen-bond donors (Lipinski definition) is 4. The van der Waals surface area contributed by atoms with Gasteiger partial charge in [0.1, 0.15) is 0 Å². The van der Waals surface area contributed by atoms with Crippen LogP contribution in [0, 0.1) is 0 Å². The Bertz CT molecular complexity index is 1300. The van der Waals surface area contributed by atoms with Gasteiger partial charge >= 0.3 is 0 Å². The van der Waals surface area contributed by atoms with Crippen LogP contribution >= 0.6 is 11.6 Å². The molecular formula is C26H25ClN4O2. The number of halogens is 1. The van der Waals surface area contributed by atoms with Crippen molar-refractivity contribution in [2.24, 2.45) is 10.7 Å². The lowest BCUT2D eigenvalue weighted by Crippen LogP contribution is -2.24. The van der Waals surface area contributed by atoms with Crippen LogP contribution in [0.25, 0.3) is 10.9 Å². The maximum absolute atomic E-state index is 11.1. The van der Waals surface area contributed by atoms with E-state index in [1.807, 2.05) is 60.7 Å². The number of aliphatic imine (C=N–C) groups is 1. The van der Waals surface area contributed by atoms with E-state index in [0.717, 1.165) is 27.7 Å². The molecule has 7 heteroatoms. The van der Waals surface area contributed by atoms with E-state index in [1.54, 1.807) is 12.1 Å². The number of carbonyl (C=O) groups excluding carboxylic acids is 1. The molecule has 5 N–H and O–H groups in total. The largest absolute Gasteiger partial charge is 0.494 e. The first-order valence-electron chi connectivity index (χ1n) is 10.7. The van der Waals surface area contributed by atoms with Crippen LogP contribution in [0.5, 0.6) is 5.88 Å². The van der Waals surface area contributed by atoms with Gasteiger partial charge in [-0.15, -0.1) is 0 Å². The number of benzene rings is 3.